The molecule has 0 atom stereocenters. The average Bonchev–Trinajstić information content (AvgIpc) is 3.55. The van der Waals surface area contributed by atoms with Crippen LogP contribution in [0.2, 0.25) is 0 Å². The summed E-state index contributed by atoms with van der Waals surface area (Å²) in [4.78, 5) is 18.0. The predicted octanol–water partition coefficient (Wildman–Crippen LogP) is 17.7. The van der Waals surface area contributed by atoms with Crippen LogP contribution >= 0.6 is 0 Å². The minimum absolute atomic E-state index is 0.715. The molecule has 0 radical (unpaired) electrons. The van der Waals surface area contributed by atoms with Gasteiger partial charge in [0.2, 0.25) is 0 Å². The number of hydrogen-bond acceptors (Lipinski definition) is 8. The summed E-state index contributed by atoms with van der Waals surface area (Å²) in [5.41, 5.74) is 15.2. The smallest absolute Gasteiger partial charge is 0.119 e. The number of aromatic nitrogens is 4. The largest absolute Gasteiger partial charge is 0.494 e. The molecule has 0 aliphatic rings. The van der Waals surface area contributed by atoms with Crippen molar-refractivity contribution in [2.24, 2.45) is 0 Å². The summed E-state index contributed by atoms with van der Waals surface area (Å²) in [7, 11) is 0. The van der Waals surface area contributed by atoms with Crippen LogP contribution < -0.4 is 18.9 Å². The first-order valence-corrected chi connectivity index (χ1v) is 30.9. The van der Waals surface area contributed by atoms with Gasteiger partial charge in [0.25, 0.3) is 0 Å². The molecule has 0 aliphatic carbocycles. The van der Waals surface area contributed by atoms with Gasteiger partial charge in [-0.05, 0) is 221 Å². The Bertz CT molecular complexity index is 2840. The van der Waals surface area contributed by atoms with Gasteiger partial charge in [-0.3, -0.25) is 19.9 Å². The molecule has 4 heterocycles. The van der Waals surface area contributed by atoms with E-state index in [2.05, 4.69) is 202 Å². The van der Waals surface area contributed by atoms with E-state index in [1.165, 1.54) is 63.8 Å². The van der Waals surface area contributed by atoms with Crippen LogP contribution in [0, 0.1) is 0 Å². The molecule has 8 aromatic rings. The fraction of sp³-hybridized carbons (Fsp3) is 0.405. The third kappa shape index (κ3) is 26.5. The lowest BCUT2D eigenvalue weighted by atomic mass is 10.1. The van der Waals surface area contributed by atoms with E-state index in [9.17, 15) is 0 Å². The highest BCUT2D eigenvalue weighted by Crippen LogP contribution is 2.19. The van der Waals surface area contributed by atoms with Crippen LogP contribution in [0.4, 0.5) is 0 Å². The van der Waals surface area contributed by atoms with E-state index in [1.807, 2.05) is 43.8 Å². The summed E-state index contributed by atoms with van der Waals surface area (Å²) in [5, 5.41) is 0. The molecule has 4 aromatic carbocycles. The SMILES string of the molecule is CCCCCOc1ccc(CCc2ccc(CC)cn2)cc1.CCCCOc1ccc(CCc2ccc(CC)cn2)cc1.CCCOc1ccc(CCc2ccc(CC)cn2)cc1.CCOc1ccc(CCc2ccc(CC)cn2)cc1. The summed E-state index contributed by atoms with van der Waals surface area (Å²) in [6, 6.07) is 50.9. The second kappa shape index (κ2) is 40.0. The summed E-state index contributed by atoms with van der Waals surface area (Å²) in [6.07, 6.45) is 27.1. The van der Waals surface area contributed by atoms with Crippen molar-refractivity contribution in [3.8, 4) is 23.0 Å². The Labute approximate surface area is 494 Å². The molecular formula is C74H96N4O4. The molecule has 0 bridgehead atoms. The molecule has 0 aliphatic heterocycles. The van der Waals surface area contributed by atoms with E-state index in [0.717, 1.165) is 162 Å². The minimum Gasteiger partial charge on any atom is -0.494 e. The summed E-state index contributed by atoms with van der Waals surface area (Å²) < 4.78 is 22.4. The molecule has 0 N–H and O–H groups in total. The summed E-state index contributed by atoms with van der Waals surface area (Å²) in [5.74, 6) is 3.85. The monoisotopic (exact) mass is 1100 g/mol. The third-order valence-corrected chi connectivity index (χ3v) is 14.1. The normalized spacial score (nSPS) is 10.5. The number of rotatable bonds is 30. The first-order valence-electron chi connectivity index (χ1n) is 30.9. The maximum absolute atomic E-state index is 5.74. The standard InChI is InChI=1S/C20H27NO.C19H25NO.C18H23NO.C17H21NO/c1-3-5-6-15-22-20-13-9-18(10-14-20)8-12-19-11-7-17(4-2)16-21-19;1-3-5-14-21-19-12-8-17(9-13-19)7-11-18-10-6-16(4-2)15-20-18;1-3-13-20-18-11-7-16(8-12-18)6-10-17-9-5-15(4-2)14-19-17;1-3-14-5-9-16(18-13-14)10-6-15-7-11-17(12-8-15)19-4-2/h7,9-11,13-14,16H,3-6,8,12,15H2,1-2H3;6,8-10,12-13,15H,3-5,7,11,14H2,1-2H3;5,7-9,11-12,14H,3-4,6,10,13H2,1-2H3;5,7-9,11-13H,3-4,6,10H2,1-2H3. The Hall–Kier alpha value is -7.32. The zero-order chi connectivity index (χ0) is 58.2. The molecule has 0 unspecified atom stereocenters. The summed E-state index contributed by atoms with van der Waals surface area (Å²) in [6.45, 7) is 20.2. The second-order valence-electron chi connectivity index (χ2n) is 20.7. The molecule has 0 saturated carbocycles. The van der Waals surface area contributed by atoms with Gasteiger partial charge in [-0.15, -0.1) is 0 Å². The maximum Gasteiger partial charge on any atom is 0.119 e. The van der Waals surface area contributed by atoms with Gasteiger partial charge in [-0.1, -0.05) is 141 Å². The number of nitrogens with zero attached hydrogens (tertiary/aromatic N) is 4. The number of aryl methyl sites for hydroxylation is 12. The van der Waals surface area contributed by atoms with Gasteiger partial charge in [-0.25, -0.2) is 0 Å². The first kappa shape index (κ1) is 65.5. The van der Waals surface area contributed by atoms with E-state index in [1.54, 1.807) is 0 Å². The molecule has 0 saturated heterocycles. The van der Waals surface area contributed by atoms with Crippen molar-refractivity contribution < 1.29 is 18.9 Å². The number of unbranched alkanes of at least 4 members (excludes halogenated alkanes) is 3. The Morgan fingerprint density at radius 2 is 0.512 bits per heavy atom. The van der Waals surface area contributed by atoms with Crippen molar-refractivity contribution in [3.05, 3.63) is 238 Å². The first-order chi connectivity index (χ1) is 40.3. The lowest BCUT2D eigenvalue weighted by Gasteiger charge is -2.07. The zero-order valence-corrected chi connectivity index (χ0v) is 51.1. The number of ether oxygens (including phenoxy) is 4. The molecule has 8 rings (SSSR count). The van der Waals surface area contributed by atoms with Crippen LogP contribution in [-0.2, 0) is 77.0 Å². The highest BCUT2D eigenvalue weighted by atomic mass is 16.5. The molecule has 4 aromatic heterocycles. The van der Waals surface area contributed by atoms with Gasteiger partial charge in [0, 0.05) is 47.6 Å². The highest BCUT2D eigenvalue weighted by molar-refractivity contribution is 5.31. The Morgan fingerprint density at radius 3 is 0.756 bits per heavy atom. The molecule has 0 fully saturated rings. The van der Waals surface area contributed by atoms with Gasteiger partial charge in [0.15, 0.2) is 0 Å². The fourth-order valence-electron chi connectivity index (χ4n) is 8.61. The van der Waals surface area contributed by atoms with Gasteiger partial charge in [-0.2, -0.15) is 0 Å². The minimum atomic E-state index is 0.715. The van der Waals surface area contributed by atoms with Crippen LogP contribution in [-0.4, -0.2) is 46.4 Å². The van der Waals surface area contributed by atoms with Crippen molar-refractivity contribution in [1.29, 1.82) is 0 Å². The zero-order valence-electron chi connectivity index (χ0n) is 51.1. The predicted molar refractivity (Wildman–Crippen MR) is 342 cm³/mol. The highest BCUT2D eigenvalue weighted by Gasteiger charge is 2.04. The second-order valence-corrected chi connectivity index (χ2v) is 20.7. The average molecular weight is 1110 g/mol. The van der Waals surface area contributed by atoms with Crippen molar-refractivity contribution in [1.82, 2.24) is 19.9 Å². The Kier molecular flexibility index (Phi) is 31.9. The fourth-order valence-corrected chi connectivity index (χ4v) is 8.61. The summed E-state index contributed by atoms with van der Waals surface area (Å²) >= 11 is 0. The molecule has 0 spiro atoms. The number of pyridine rings is 4. The van der Waals surface area contributed by atoms with E-state index in [0.29, 0.717) is 6.61 Å². The third-order valence-electron chi connectivity index (χ3n) is 14.1. The van der Waals surface area contributed by atoms with Gasteiger partial charge >= 0.3 is 0 Å². The quantitative estimate of drug-likeness (QED) is 0.0412. The van der Waals surface area contributed by atoms with Gasteiger partial charge in [0.1, 0.15) is 23.0 Å². The Balaban J connectivity index is 0.000000201. The van der Waals surface area contributed by atoms with E-state index >= 15 is 0 Å². The molecule has 0 amide bonds. The maximum atomic E-state index is 5.74. The van der Waals surface area contributed by atoms with E-state index in [-0.39, 0.29) is 0 Å². The van der Waals surface area contributed by atoms with E-state index < -0.39 is 0 Å². The van der Waals surface area contributed by atoms with Crippen molar-refractivity contribution in [2.75, 3.05) is 26.4 Å². The topological polar surface area (TPSA) is 88.5 Å². The van der Waals surface area contributed by atoms with Crippen LogP contribution in [0.1, 0.15) is 161 Å². The van der Waals surface area contributed by atoms with Gasteiger partial charge in [0.05, 0.1) is 26.4 Å². The van der Waals surface area contributed by atoms with E-state index in [4.69, 9.17) is 18.9 Å². The number of benzene rings is 4. The van der Waals surface area contributed by atoms with Crippen LogP contribution in [0.15, 0.2) is 170 Å². The van der Waals surface area contributed by atoms with Crippen LogP contribution in [0.25, 0.3) is 0 Å². The van der Waals surface area contributed by atoms with Crippen LogP contribution in [0.5, 0.6) is 23.0 Å². The number of hydrogen-bond donors (Lipinski definition) is 0. The lowest BCUT2D eigenvalue weighted by Crippen LogP contribution is -1.98. The Morgan fingerprint density at radius 1 is 0.244 bits per heavy atom. The van der Waals surface area contributed by atoms with Crippen molar-refractivity contribution in [2.45, 2.75) is 171 Å². The van der Waals surface area contributed by atoms with Crippen LogP contribution in [0.3, 0.4) is 0 Å². The molecular weight excluding hydrogens is 1010 g/mol. The molecule has 8 nitrogen and oxygen atoms in total. The molecule has 82 heavy (non-hydrogen) atoms. The van der Waals surface area contributed by atoms with Crippen molar-refractivity contribution in [3.63, 3.8) is 0 Å². The lowest BCUT2D eigenvalue weighted by molar-refractivity contribution is 0.306. The molecule has 436 valence electrons. The molecule has 8 heteroatoms. The van der Waals surface area contributed by atoms with Crippen molar-refractivity contribution >= 4 is 0 Å². The van der Waals surface area contributed by atoms with Gasteiger partial charge < -0.3 is 18.9 Å².